The lowest BCUT2D eigenvalue weighted by molar-refractivity contribution is -0.274. The normalized spacial score (nSPS) is 13.7. The number of phenolic OH excluding ortho intramolecular Hbond substituents is 1. The molecule has 1 aromatic heterocycles. The Bertz CT molecular complexity index is 1230. The standard InChI is InChI=1S/C24H23F3N4O4/c1-2-28-23(34)31-20(14-4-3-5-14)13-19(30-31)18-11-8-16(12-21(18)32)29-22(33)15-6-9-17(10-7-15)35-24(25,26)27/h6-14,32H,2-5H2,1H3,(H,28,34)(H,29,33). The van der Waals surface area contributed by atoms with Gasteiger partial charge in [0.15, 0.2) is 0 Å². The Morgan fingerprint density at radius 3 is 2.43 bits per heavy atom. The lowest BCUT2D eigenvalue weighted by atomic mass is 9.82. The number of aromatic nitrogens is 2. The fourth-order valence-electron chi connectivity index (χ4n) is 3.75. The Hall–Kier alpha value is -4.02. The van der Waals surface area contributed by atoms with E-state index in [1.165, 1.54) is 22.9 Å². The fourth-order valence-corrected chi connectivity index (χ4v) is 3.75. The number of nitrogens with one attached hydrogen (secondary N) is 2. The number of halogens is 3. The topological polar surface area (TPSA) is 105 Å². The van der Waals surface area contributed by atoms with Crippen LogP contribution in [0.25, 0.3) is 11.3 Å². The molecule has 0 unspecified atom stereocenters. The van der Waals surface area contributed by atoms with Gasteiger partial charge in [-0.1, -0.05) is 6.42 Å². The van der Waals surface area contributed by atoms with Gasteiger partial charge in [0.05, 0.1) is 11.4 Å². The van der Waals surface area contributed by atoms with Crippen LogP contribution in [0.3, 0.4) is 0 Å². The highest BCUT2D eigenvalue weighted by Gasteiger charge is 2.31. The third-order valence-electron chi connectivity index (χ3n) is 5.66. The van der Waals surface area contributed by atoms with Gasteiger partial charge in [-0.3, -0.25) is 4.79 Å². The molecule has 8 nitrogen and oxygen atoms in total. The maximum Gasteiger partial charge on any atom is 0.573 e. The minimum Gasteiger partial charge on any atom is -0.507 e. The largest absolute Gasteiger partial charge is 0.573 e. The molecule has 2 amide bonds. The molecular weight excluding hydrogens is 465 g/mol. The minimum absolute atomic E-state index is 0.105. The number of amides is 2. The van der Waals surface area contributed by atoms with Crippen molar-refractivity contribution in [1.82, 2.24) is 15.1 Å². The summed E-state index contributed by atoms with van der Waals surface area (Å²) in [7, 11) is 0. The first-order valence-electron chi connectivity index (χ1n) is 11.0. The quantitative estimate of drug-likeness (QED) is 0.440. The van der Waals surface area contributed by atoms with Gasteiger partial charge in [0, 0.05) is 35.3 Å². The summed E-state index contributed by atoms with van der Waals surface area (Å²) < 4.78 is 42.0. The van der Waals surface area contributed by atoms with E-state index in [9.17, 15) is 27.9 Å². The molecule has 0 aliphatic heterocycles. The molecular formula is C24H23F3N4O4. The van der Waals surface area contributed by atoms with Crippen molar-refractivity contribution in [2.75, 3.05) is 11.9 Å². The summed E-state index contributed by atoms with van der Waals surface area (Å²) in [5, 5.41) is 20.3. The summed E-state index contributed by atoms with van der Waals surface area (Å²) >= 11 is 0. The zero-order valence-electron chi connectivity index (χ0n) is 18.7. The second-order valence-electron chi connectivity index (χ2n) is 8.09. The Labute approximate surface area is 198 Å². The second-order valence-corrected chi connectivity index (χ2v) is 8.09. The molecule has 1 aliphatic carbocycles. The van der Waals surface area contributed by atoms with Gasteiger partial charge in [0.2, 0.25) is 0 Å². The van der Waals surface area contributed by atoms with Gasteiger partial charge in [-0.25, -0.2) is 4.79 Å². The molecule has 1 heterocycles. The van der Waals surface area contributed by atoms with Gasteiger partial charge >= 0.3 is 12.4 Å². The number of nitrogens with zero attached hydrogens (tertiary/aromatic N) is 2. The lowest BCUT2D eigenvalue weighted by Crippen LogP contribution is -2.31. The van der Waals surface area contributed by atoms with Crippen LogP contribution in [0.2, 0.25) is 0 Å². The molecule has 0 radical (unpaired) electrons. The zero-order valence-corrected chi connectivity index (χ0v) is 18.7. The summed E-state index contributed by atoms with van der Waals surface area (Å²) in [6.07, 6.45) is -1.81. The van der Waals surface area contributed by atoms with Crippen molar-refractivity contribution in [3.63, 3.8) is 0 Å². The third-order valence-corrected chi connectivity index (χ3v) is 5.66. The first-order chi connectivity index (χ1) is 16.6. The second kappa shape index (κ2) is 9.69. The molecule has 1 aliphatic rings. The Morgan fingerprint density at radius 1 is 1.14 bits per heavy atom. The predicted octanol–water partition coefficient (Wildman–Crippen LogP) is 5.25. The molecule has 11 heteroatoms. The van der Waals surface area contributed by atoms with Crippen LogP contribution in [0.15, 0.2) is 48.5 Å². The van der Waals surface area contributed by atoms with E-state index >= 15 is 0 Å². The monoisotopic (exact) mass is 488 g/mol. The van der Waals surface area contributed by atoms with Gasteiger partial charge in [-0.2, -0.15) is 9.78 Å². The molecule has 0 atom stereocenters. The Balaban J connectivity index is 1.51. The van der Waals surface area contributed by atoms with E-state index < -0.39 is 18.0 Å². The number of carbonyl (C=O) groups excluding carboxylic acids is 2. The molecule has 1 fully saturated rings. The summed E-state index contributed by atoms with van der Waals surface area (Å²) in [4.78, 5) is 24.9. The maximum absolute atomic E-state index is 12.5. The van der Waals surface area contributed by atoms with Crippen molar-refractivity contribution < 1.29 is 32.6 Å². The highest BCUT2D eigenvalue weighted by molar-refractivity contribution is 6.04. The van der Waals surface area contributed by atoms with Gasteiger partial charge in [0.1, 0.15) is 11.5 Å². The van der Waals surface area contributed by atoms with Gasteiger partial charge < -0.3 is 20.5 Å². The van der Waals surface area contributed by atoms with E-state index in [1.807, 2.05) is 6.92 Å². The molecule has 2 aromatic carbocycles. The molecule has 35 heavy (non-hydrogen) atoms. The number of anilines is 1. The third kappa shape index (κ3) is 5.56. The number of alkyl halides is 3. The van der Waals surface area contributed by atoms with E-state index in [4.69, 9.17) is 0 Å². The van der Waals surface area contributed by atoms with Crippen molar-refractivity contribution in [3.8, 4) is 22.8 Å². The fraction of sp³-hybridized carbons (Fsp3) is 0.292. The summed E-state index contributed by atoms with van der Waals surface area (Å²) in [5.74, 6) is -0.946. The molecule has 0 saturated heterocycles. The van der Waals surface area contributed by atoms with Gasteiger partial charge in [-0.05, 0) is 62.2 Å². The van der Waals surface area contributed by atoms with Crippen molar-refractivity contribution >= 4 is 17.6 Å². The number of phenols is 1. The highest BCUT2D eigenvalue weighted by atomic mass is 19.4. The molecule has 3 N–H and O–H groups in total. The minimum atomic E-state index is -4.82. The molecule has 1 saturated carbocycles. The van der Waals surface area contributed by atoms with Crippen molar-refractivity contribution in [2.45, 2.75) is 38.5 Å². The van der Waals surface area contributed by atoms with Crippen LogP contribution >= 0.6 is 0 Å². The average molecular weight is 488 g/mol. The first kappa shape index (κ1) is 24.1. The smallest absolute Gasteiger partial charge is 0.507 e. The van der Waals surface area contributed by atoms with Crippen LogP contribution < -0.4 is 15.4 Å². The molecule has 0 bridgehead atoms. The van der Waals surface area contributed by atoms with Gasteiger partial charge in [-0.15, -0.1) is 13.2 Å². The Kier molecular flexibility index (Phi) is 6.68. The average Bonchev–Trinajstić information content (AvgIpc) is 3.16. The molecule has 4 rings (SSSR count). The zero-order chi connectivity index (χ0) is 25.2. The van der Waals surface area contributed by atoms with Crippen LogP contribution in [-0.2, 0) is 0 Å². The number of rotatable bonds is 6. The van der Waals surface area contributed by atoms with Crippen LogP contribution in [0.4, 0.5) is 23.7 Å². The van der Waals surface area contributed by atoms with E-state index in [0.717, 1.165) is 37.1 Å². The van der Waals surface area contributed by atoms with Crippen molar-refractivity contribution in [3.05, 3.63) is 59.8 Å². The molecule has 3 aromatic rings. The Morgan fingerprint density at radius 2 is 1.86 bits per heavy atom. The van der Waals surface area contributed by atoms with Gasteiger partial charge in [0.25, 0.3) is 5.91 Å². The van der Waals surface area contributed by atoms with Crippen LogP contribution in [0.5, 0.6) is 11.5 Å². The first-order valence-corrected chi connectivity index (χ1v) is 11.0. The number of ether oxygens (including phenoxy) is 1. The maximum atomic E-state index is 12.5. The van der Waals surface area contributed by atoms with E-state index in [-0.39, 0.29) is 28.9 Å². The molecule has 0 spiro atoms. The lowest BCUT2D eigenvalue weighted by Gasteiger charge is -2.25. The van der Waals surface area contributed by atoms with Crippen LogP contribution in [0.1, 0.15) is 48.2 Å². The number of benzene rings is 2. The number of aromatic hydroxyl groups is 1. The van der Waals surface area contributed by atoms with E-state index in [1.54, 1.807) is 18.2 Å². The predicted molar refractivity (Wildman–Crippen MR) is 121 cm³/mol. The molecule has 184 valence electrons. The summed E-state index contributed by atoms with van der Waals surface area (Å²) in [6.45, 7) is 2.27. The van der Waals surface area contributed by atoms with E-state index in [2.05, 4.69) is 20.5 Å². The van der Waals surface area contributed by atoms with Crippen LogP contribution in [0, 0.1) is 0 Å². The highest BCUT2D eigenvalue weighted by Crippen LogP contribution is 2.39. The van der Waals surface area contributed by atoms with E-state index in [0.29, 0.717) is 17.8 Å². The number of carbonyl (C=O) groups is 2. The number of hydrogen-bond donors (Lipinski definition) is 3. The SMILES string of the molecule is CCNC(=O)n1nc(-c2ccc(NC(=O)c3ccc(OC(F)(F)F)cc3)cc2O)cc1C1CCC1. The number of hydrogen-bond acceptors (Lipinski definition) is 5. The van der Waals surface area contributed by atoms with Crippen molar-refractivity contribution in [1.29, 1.82) is 0 Å². The summed E-state index contributed by atoms with van der Waals surface area (Å²) in [6, 6.07) is 10.4. The summed E-state index contributed by atoms with van der Waals surface area (Å²) in [5.41, 5.74) is 1.98. The van der Waals surface area contributed by atoms with Crippen molar-refractivity contribution in [2.24, 2.45) is 0 Å². The van der Waals surface area contributed by atoms with Crippen LogP contribution in [-0.4, -0.2) is 39.7 Å².